The van der Waals surface area contributed by atoms with Gasteiger partial charge in [0.2, 0.25) is 5.91 Å². The van der Waals surface area contributed by atoms with Crippen LogP contribution in [0.15, 0.2) is 0 Å². The van der Waals surface area contributed by atoms with Crippen molar-refractivity contribution in [3.8, 4) is 6.07 Å². The number of carbonyl (C=O) groups is 2. The van der Waals surface area contributed by atoms with Crippen LogP contribution in [-0.2, 0) is 9.59 Å². The lowest BCUT2D eigenvalue weighted by molar-refractivity contribution is -0.138. The van der Waals surface area contributed by atoms with Crippen LogP contribution in [-0.4, -0.2) is 72.6 Å². The summed E-state index contributed by atoms with van der Waals surface area (Å²) >= 11 is 0. The molecule has 1 aliphatic heterocycles. The minimum absolute atomic E-state index is 0.0256. The van der Waals surface area contributed by atoms with Gasteiger partial charge in [-0.3, -0.25) is 19.4 Å². The molecule has 1 saturated heterocycles. The Labute approximate surface area is 106 Å². The molecule has 0 bridgehead atoms. The normalized spacial score (nSPS) is 17.7. The molecule has 0 aromatic heterocycles. The number of nitriles is 1. The van der Waals surface area contributed by atoms with E-state index < -0.39 is 5.97 Å². The Morgan fingerprint density at radius 3 is 2.33 bits per heavy atom. The predicted molar refractivity (Wildman–Crippen MR) is 63.8 cm³/mol. The van der Waals surface area contributed by atoms with Gasteiger partial charge in [-0.15, -0.1) is 0 Å². The minimum Gasteiger partial charge on any atom is -0.480 e. The van der Waals surface area contributed by atoms with E-state index in [1.807, 2.05) is 15.9 Å². The molecule has 1 amide bonds. The lowest BCUT2D eigenvalue weighted by Gasteiger charge is -2.19. The number of rotatable bonds is 5. The summed E-state index contributed by atoms with van der Waals surface area (Å²) in [4.78, 5) is 25.9. The van der Waals surface area contributed by atoms with Crippen LogP contribution in [0.3, 0.4) is 0 Å². The second-order valence-corrected chi connectivity index (χ2v) is 4.23. The molecule has 1 aliphatic rings. The molecule has 0 atom stereocenters. The number of carboxylic acid groups (broad SMARTS) is 1. The molecule has 1 fully saturated rings. The third-order valence-electron chi connectivity index (χ3n) is 2.77. The number of nitrogens with one attached hydrogen (secondary N) is 1. The topological polar surface area (TPSA) is 96.7 Å². The van der Waals surface area contributed by atoms with Gasteiger partial charge < -0.3 is 10.4 Å². The van der Waals surface area contributed by atoms with Gasteiger partial charge in [-0.2, -0.15) is 5.26 Å². The number of amides is 1. The molecule has 1 rings (SSSR count). The molecule has 0 aromatic rings. The van der Waals surface area contributed by atoms with Crippen LogP contribution in [0, 0.1) is 11.3 Å². The monoisotopic (exact) mass is 254 g/mol. The molecule has 0 saturated carbocycles. The van der Waals surface area contributed by atoms with E-state index in [1.54, 1.807) is 0 Å². The first-order valence-electron chi connectivity index (χ1n) is 5.92. The number of carboxylic acids is 1. The largest absolute Gasteiger partial charge is 0.480 e. The summed E-state index contributed by atoms with van der Waals surface area (Å²) in [6.07, 6.45) is 0.846. The molecule has 0 aromatic carbocycles. The van der Waals surface area contributed by atoms with Crippen LogP contribution in [0.2, 0.25) is 0 Å². The molecule has 0 aliphatic carbocycles. The Kier molecular flexibility index (Phi) is 6.11. The predicted octanol–water partition coefficient (Wildman–Crippen LogP) is -1.28. The highest BCUT2D eigenvalue weighted by molar-refractivity contribution is 5.78. The van der Waals surface area contributed by atoms with Gasteiger partial charge in [0.15, 0.2) is 0 Å². The standard InChI is InChI=1S/C11H18N4O3/c12-2-3-13-10(16)8-14-4-1-5-15(7-6-14)9-11(17)18/h1,3-9H2,(H,13,16)(H,17,18). The number of aliphatic carboxylic acids is 1. The molecule has 0 spiro atoms. The Morgan fingerprint density at radius 2 is 1.78 bits per heavy atom. The van der Waals surface area contributed by atoms with Gasteiger partial charge in [-0.25, -0.2) is 0 Å². The summed E-state index contributed by atoms with van der Waals surface area (Å²) in [6.45, 7) is 3.18. The van der Waals surface area contributed by atoms with E-state index in [1.165, 1.54) is 0 Å². The van der Waals surface area contributed by atoms with Gasteiger partial charge in [-0.1, -0.05) is 0 Å². The maximum Gasteiger partial charge on any atom is 0.317 e. The van der Waals surface area contributed by atoms with Crippen molar-refractivity contribution >= 4 is 11.9 Å². The average Bonchev–Trinajstić information content (AvgIpc) is 2.52. The van der Waals surface area contributed by atoms with Crippen molar-refractivity contribution < 1.29 is 14.7 Å². The van der Waals surface area contributed by atoms with E-state index in [2.05, 4.69) is 5.32 Å². The second-order valence-electron chi connectivity index (χ2n) is 4.23. The second kappa shape index (κ2) is 7.63. The van der Waals surface area contributed by atoms with Crippen molar-refractivity contribution in [1.82, 2.24) is 15.1 Å². The van der Waals surface area contributed by atoms with Crippen LogP contribution < -0.4 is 5.32 Å². The SMILES string of the molecule is N#CCNC(=O)CN1CCCN(CC(=O)O)CC1. The van der Waals surface area contributed by atoms with Gasteiger partial charge in [0, 0.05) is 19.6 Å². The molecule has 7 heteroatoms. The van der Waals surface area contributed by atoms with Gasteiger partial charge in [0.1, 0.15) is 6.54 Å². The molecule has 0 radical (unpaired) electrons. The Hall–Kier alpha value is -1.65. The van der Waals surface area contributed by atoms with E-state index in [0.717, 1.165) is 19.5 Å². The number of carbonyl (C=O) groups excluding carboxylic acids is 1. The van der Waals surface area contributed by atoms with Crippen LogP contribution in [0.5, 0.6) is 0 Å². The quantitative estimate of drug-likeness (QED) is 0.593. The van der Waals surface area contributed by atoms with Crippen LogP contribution in [0.25, 0.3) is 0 Å². The highest BCUT2D eigenvalue weighted by Crippen LogP contribution is 2.02. The molecule has 7 nitrogen and oxygen atoms in total. The number of hydrogen-bond acceptors (Lipinski definition) is 5. The Morgan fingerprint density at radius 1 is 1.17 bits per heavy atom. The van der Waals surface area contributed by atoms with Crippen molar-refractivity contribution in [3.05, 3.63) is 0 Å². The average molecular weight is 254 g/mol. The maximum absolute atomic E-state index is 11.4. The first kappa shape index (κ1) is 14.4. The highest BCUT2D eigenvalue weighted by Gasteiger charge is 2.18. The molecule has 1 heterocycles. The lowest BCUT2D eigenvalue weighted by Crippen LogP contribution is -2.39. The molecular formula is C11H18N4O3. The number of hydrogen-bond donors (Lipinski definition) is 2. The fraction of sp³-hybridized carbons (Fsp3) is 0.727. The zero-order valence-corrected chi connectivity index (χ0v) is 10.3. The smallest absolute Gasteiger partial charge is 0.317 e. The summed E-state index contributed by atoms with van der Waals surface area (Å²) in [6, 6.07) is 1.85. The van der Waals surface area contributed by atoms with E-state index in [0.29, 0.717) is 13.1 Å². The first-order valence-corrected chi connectivity index (χ1v) is 5.92. The van der Waals surface area contributed by atoms with Gasteiger partial charge >= 0.3 is 5.97 Å². The number of nitrogens with zero attached hydrogens (tertiary/aromatic N) is 3. The molecule has 2 N–H and O–H groups in total. The molecule has 0 unspecified atom stereocenters. The van der Waals surface area contributed by atoms with E-state index in [-0.39, 0.29) is 25.5 Å². The van der Waals surface area contributed by atoms with Crippen LogP contribution in [0.1, 0.15) is 6.42 Å². The van der Waals surface area contributed by atoms with Gasteiger partial charge in [-0.05, 0) is 13.0 Å². The molecule has 18 heavy (non-hydrogen) atoms. The Bertz CT molecular complexity index is 340. The zero-order valence-electron chi connectivity index (χ0n) is 10.3. The van der Waals surface area contributed by atoms with E-state index in [9.17, 15) is 9.59 Å². The first-order chi connectivity index (χ1) is 8.61. The van der Waals surface area contributed by atoms with E-state index in [4.69, 9.17) is 10.4 Å². The maximum atomic E-state index is 11.4. The third kappa shape index (κ3) is 5.61. The lowest BCUT2D eigenvalue weighted by atomic mass is 10.3. The fourth-order valence-electron chi connectivity index (χ4n) is 1.93. The fourth-order valence-corrected chi connectivity index (χ4v) is 1.93. The van der Waals surface area contributed by atoms with Crippen molar-refractivity contribution in [2.24, 2.45) is 0 Å². The minimum atomic E-state index is -0.824. The van der Waals surface area contributed by atoms with Crippen molar-refractivity contribution in [2.45, 2.75) is 6.42 Å². The summed E-state index contributed by atoms with van der Waals surface area (Å²) < 4.78 is 0. The van der Waals surface area contributed by atoms with Gasteiger partial charge in [0.25, 0.3) is 0 Å². The van der Waals surface area contributed by atoms with E-state index >= 15 is 0 Å². The Balaban J connectivity index is 2.31. The summed E-state index contributed by atoms with van der Waals surface area (Å²) in [5.74, 6) is -0.988. The summed E-state index contributed by atoms with van der Waals surface area (Å²) in [5, 5.41) is 19.6. The summed E-state index contributed by atoms with van der Waals surface area (Å²) in [5.41, 5.74) is 0. The van der Waals surface area contributed by atoms with Crippen molar-refractivity contribution in [1.29, 1.82) is 5.26 Å². The zero-order chi connectivity index (χ0) is 13.4. The van der Waals surface area contributed by atoms with Gasteiger partial charge in [0.05, 0.1) is 19.2 Å². The summed E-state index contributed by atoms with van der Waals surface area (Å²) in [7, 11) is 0. The third-order valence-corrected chi connectivity index (χ3v) is 2.77. The molecule has 100 valence electrons. The van der Waals surface area contributed by atoms with Crippen LogP contribution in [0.4, 0.5) is 0 Å². The van der Waals surface area contributed by atoms with Crippen molar-refractivity contribution in [2.75, 3.05) is 45.8 Å². The van der Waals surface area contributed by atoms with Crippen molar-refractivity contribution in [3.63, 3.8) is 0 Å². The molecular weight excluding hydrogens is 236 g/mol. The highest BCUT2D eigenvalue weighted by atomic mass is 16.4. The van der Waals surface area contributed by atoms with Crippen LogP contribution >= 0.6 is 0 Å².